The van der Waals surface area contributed by atoms with Gasteiger partial charge in [-0.2, -0.15) is 0 Å². The standard InChI is InChI=1S/C12H10OS/c1(5-11-6-3-9-13-11)2-7-12-8-4-10-14-12/h1,3-5,8-11H,6H2. The van der Waals surface area contributed by atoms with Crippen molar-refractivity contribution in [3.8, 4) is 11.8 Å². The van der Waals surface area contributed by atoms with Crippen LogP contribution in [0.2, 0.25) is 0 Å². The Morgan fingerprint density at radius 1 is 1.57 bits per heavy atom. The minimum atomic E-state index is 0.188. The summed E-state index contributed by atoms with van der Waals surface area (Å²) in [7, 11) is 0. The first-order valence-corrected chi connectivity index (χ1v) is 5.35. The van der Waals surface area contributed by atoms with Crippen LogP contribution in [0.5, 0.6) is 0 Å². The Kier molecular flexibility index (Phi) is 3.05. The third kappa shape index (κ3) is 2.51. The molecule has 2 heterocycles. The van der Waals surface area contributed by atoms with Crippen molar-refractivity contribution in [3.63, 3.8) is 0 Å². The average molecular weight is 202 g/mol. The maximum absolute atomic E-state index is 5.26. The minimum Gasteiger partial charge on any atom is -0.494 e. The summed E-state index contributed by atoms with van der Waals surface area (Å²) < 4.78 is 5.26. The molecule has 0 aliphatic carbocycles. The van der Waals surface area contributed by atoms with Gasteiger partial charge in [0.2, 0.25) is 0 Å². The predicted octanol–water partition coefficient (Wildman–Crippen LogP) is 2.96. The number of rotatable bonds is 1. The lowest BCUT2D eigenvalue weighted by Gasteiger charge is -2.00. The van der Waals surface area contributed by atoms with Gasteiger partial charge in [-0.25, -0.2) is 0 Å². The average Bonchev–Trinajstić information content (AvgIpc) is 2.86. The zero-order valence-electron chi connectivity index (χ0n) is 7.64. The zero-order chi connectivity index (χ0) is 9.64. The maximum atomic E-state index is 5.26. The van der Waals surface area contributed by atoms with E-state index in [1.807, 2.05) is 35.7 Å². The summed E-state index contributed by atoms with van der Waals surface area (Å²) in [6.45, 7) is 0. The third-order valence-electron chi connectivity index (χ3n) is 1.83. The van der Waals surface area contributed by atoms with E-state index in [0.29, 0.717) is 0 Å². The second kappa shape index (κ2) is 4.69. The molecule has 1 aliphatic heterocycles. The van der Waals surface area contributed by atoms with E-state index < -0.39 is 0 Å². The summed E-state index contributed by atoms with van der Waals surface area (Å²) in [6.07, 6.45) is 8.74. The molecule has 0 saturated heterocycles. The van der Waals surface area contributed by atoms with E-state index in [1.54, 1.807) is 17.6 Å². The van der Waals surface area contributed by atoms with E-state index in [0.717, 1.165) is 11.3 Å². The summed E-state index contributed by atoms with van der Waals surface area (Å²) in [5.41, 5.74) is 0. The number of hydrogen-bond donors (Lipinski definition) is 0. The highest BCUT2D eigenvalue weighted by atomic mass is 32.1. The van der Waals surface area contributed by atoms with Crippen LogP contribution in [0.1, 0.15) is 11.3 Å². The molecule has 0 saturated carbocycles. The Morgan fingerprint density at radius 3 is 3.29 bits per heavy atom. The number of hydrogen-bond acceptors (Lipinski definition) is 2. The topological polar surface area (TPSA) is 9.23 Å². The summed E-state index contributed by atoms with van der Waals surface area (Å²) in [6, 6.07) is 4.02. The van der Waals surface area contributed by atoms with Gasteiger partial charge in [-0.1, -0.05) is 17.9 Å². The third-order valence-corrected chi connectivity index (χ3v) is 2.61. The van der Waals surface area contributed by atoms with Crippen LogP contribution in [0.3, 0.4) is 0 Å². The molecular weight excluding hydrogens is 192 g/mol. The molecule has 1 aromatic heterocycles. The quantitative estimate of drug-likeness (QED) is 0.636. The van der Waals surface area contributed by atoms with Crippen LogP contribution < -0.4 is 0 Å². The van der Waals surface area contributed by atoms with Crippen molar-refractivity contribution < 1.29 is 4.74 Å². The van der Waals surface area contributed by atoms with Gasteiger partial charge in [0.05, 0.1) is 11.1 Å². The van der Waals surface area contributed by atoms with Crippen LogP contribution in [-0.2, 0) is 4.74 Å². The fraction of sp³-hybridized carbons (Fsp3) is 0.167. The first-order chi connectivity index (χ1) is 6.95. The van der Waals surface area contributed by atoms with Crippen molar-refractivity contribution in [3.05, 3.63) is 46.9 Å². The normalized spacial score (nSPS) is 19.3. The molecule has 2 rings (SSSR count). The molecule has 0 radical (unpaired) electrons. The van der Waals surface area contributed by atoms with Crippen molar-refractivity contribution in [1.82, 2.24) is 0 Å². The van der Waals surface area contributed by atoms with Crippen molar-refractivity contribution in [1.29, 1.82) is 0 Å². The van der Waals surface area contributed by atoms with E-state index in [9.17, 15) is 0 Å². The molecule has 1 unspecified atom stereocenters. The maximum Gasteiger partial charge on any atom is 0.120 e. The van der Waals surface area contributed by atoms with Crippen LogP contribution in [0.15, 0.2) is 42.0 Å². The Labute approximate surface area is 87.7 Å². The van der Waals surface area contributed by atoms with E-state index in [-0.39, 0.29) is 6.10 Å². The molecule has 0 aromatic carbocycles. The predicted molar refractivity (Wildman–Crippen MR) is 59.0 cm³/mol. The zero-order valence-corrected chi connectivity index (χ0v) is 8.46. The van der Waals surface area contributed by atoms with E-state index in [2.05, 4.69) is 11.8 Å². The van der Waals surface area contributed by atoms with Gasteiger partial charge >= 0.3 is 0 Å². The van der Waals surface area contributed by atoms with Crippen LogP contribution in [-0.4, -0.2) is 6.10 Å². The molecule has 0 fully saturated rings. The highest BCUT2D eigenvalue weighted by molar-refractivity contribution is 7.10. The summed E-state index contributed by atoms with van der Waals surface area (Å²) in [4.78, 5) is 1.10. The van der Waals surface area contributed by atoms with Gasteiger partial charge in [0, 0.05) is 6.42 Å². The minimum absolute atomic E-state index is 0.188. The Hall–Kier alpha value is -1.46. The lowest BCUT2D eigenvalue weighted by molar-refractivity contribution is 0.214. The van der Waals surface area contributed by atoms with Crippen molar-refractivity contribution in [2.75, 3.05) is 0 Å². The van der Waals surface area contributed by atoms with Gasteiger partial charge in [0.25, 0.3) is 0 Å². The van der Waals surface area contributed by atoms with Crippen LogP contribution >= 0.6 is 11.3 Å². The highest BCUT2D eigenvalue weighted by Crippen LogP contribution is 2.09. The van der Waals surface area contributed by atoms with Crippen molar-refractivity contribution >= 4 is 11.3 Å². The lowest BCUT2D eigenvalue weighted by Crippen LogP contribution is -1.97. The molecule has 1 aromatic rings. The molecule has 0 bridgehead atoms. The largest absolute Gasteiger partial charge is 0.494 e. The van der Waals surface area contributed by atoms with Gasteiger partial charge in [0.1, 0.15) is 6.10 Å². The fourth-order valence-corrected chi connectivity index (χ4v) is 1.72. The molecule has 0 amide bonds. The Morgan fingerprint density at radius 2 is 2.57 bits per heavy atom. The summed E-state index contributed by atoms with van der Waals surface area (Å²) >= 11 is 1.65. The molecule has 0 spiro atoms. The number of thiophene rings is 1. The van der Waals surface area contributed by atoms with E-state index >= 15 is 0 Å². The first-order valence-electron chi connectivity index (χ1n) is 4.47. The van der Waals surface area contributed by atoms with Gasteiger partial charge < -0.3 is 4.74 Å². The fourth-order valence-electron chi connectivity index (χ4n) is 1.14. The smallest absolute Gasteiger partial charge is 0.120 e. The Balaban J connectivity index is 1.87. The molecule has 1 atom stereocenters. The van der Waals surface area contributed by atoms with Crippen molar-refractivity contribution in [2.24, 2.45) is 0 Å². The SMILES string of the molecule is C(#Cc1cccs1)C=CC1CC=CO1. The lowest BCUT2D eigenvalue weighted by atomic mass is 10.2. The molecule has 14 heavy (non-hydrogen) atoms. The highest BCUT2D eigenvalue weighted by Gasteiger charge is 2.04. The second-order valence-corrected chi connectivity index (χ2v) is 3.84. The van der Waals surface area contributed by atoms with E-state index in [1.165, 1.54) is 0 Å². The van der Waals surface area contributed by atoms with Gasteiger partial charge in [-0.15, -0.1) is 11.3 Å². The Bertz CT molecular complexity index is 382. The molecule has 2 heteroatoms. The van der Waals surface area contributed by atoms with E-state index in [4.69, 9.17) is 4.74 Å². The molecular formula is C12H10OS. The van der Waals surface area contributed by atoms with Gasteiger partial charge in [0.15, 0.2) is 0 Å². The second-order valence-electron chi connectivity index (χ2n) is 2.89. The molecule has 1 aliphatic rings. The summed E-state index contributed by atoms with van der Waals surface area (Å²) in [5, 5.41) is 2.03. The van der Waals surface area contributed by atoms with Crippen LogP contribution in [0.4, 0.5) is 0 Å². The molecule has 0 N–H and O–H groups in total. The van der Waals surface area contributed by atoms with Crippen molar-refractivity contribution in [2.45, 2.75) is 12.5 Å². The van der Waals surface area contributed by atoms with Gasteiger partial charge in [-0.3, -0.25) is 0 Å². The monoisotopic (exact) mass is 202 g/mol. The first kappa shape index (κ1) is 9.11. The number of ether oxygens (including phenoxy) is 1. The number of allylic oxidation sites excluding steroid dienone is 1. The van der Waals surface area contributed by atoms with Crippen LogP contribution in [0.25, 0.3) is 0 Å². The molecule has 1 nitrogen and oxygen atoms in total. The summed E-state index contributed by atoms with van der Waals surface area (Å²) in [5.74, 6) is 6.04. The molecule has 70 valence electrons. The van der Waals surface area contributed by atoms with Gasteiger partial charge in [-0.05, 0) is 29.7 Å². The van der Waals surface area contributed by atoms with Crippen LogP contribution in [0, 0.1) is 11.8 Å².